The van der Waals surface area contributed by atoms with Crippen LogP contribution in [0, 0.1) is 0 Å². The lowest BCUT2D eigenvalue weighted by atomic mass is 9.99. The van der Waals surface area contributed by atoms with E-state index in [0.29, 0.717) is 29.5 Å². The highest BCUT2D eigenvalue weighted by molar-refractivity contribution is 7.89. The van der Waals surface area contributed by atoms with Crippen LogP contribution < -0.4 is 21.5 Å². The molecule has 3 heterocycles. The molecule has 33 heavy (non-hydrogen) atoms. The van der Waals surface area contributed by atoms with Crippen LogP contribution in [0.5, 0.6) is 0 Å². The summed E-state index contributed by atoms with van der Waals surface area (Å²) in [5.74, 6) is 0.398. The van der Waals surface area contributed by atoms with Gasteiger partial charge in [-0.3, -0.25) is 4.79 Å². The normalized spacial score (nSPS) is 13.4. The minimum Gasteiger partial charge on any atom is -0.382 e. The Morgan fingerprint density at radius 2 is 1.85 bits per heavy atom. The number of aryl methyl sites for hydroxylation is 1. The molecule has 5 rings (SSSR count). The Kier molecular flexibility index (Phi) is 5.37. The SMILES string of the molecule is Nc1nc(Nc2ccc(S(N)(=O)=O)cc2)sc1-c1nc(-c2ccc3c(c2)CCC(=O)N3)cs1. The lowest BCUT2D eigenvalue weighted by molar-refractivity contribution is -0.116. The van der Waals surface area contributed by atoms with Gasteiger partial charge in [-0.1, -0.05) is 17.4 Å². The number of fused-ring (bicyclic) bond motifs is 1. The summed E-state index contributed by atoms with van der Waals surface area (Å²) in [6, 6.07) is 12.0. The molecule has 168 valence electrons. The van der Waals surface area contributed by atoms with Crippen molar-refractivity contribution in [2.24, 2.45) is 5.14 Å². The van der Waals surface area contributed by atoms with Crippen LogP contribution in [0.2, 0.25) is 0 Å². The summed E-state index contributed by atoms with van der Waals surface area (Å²) in [6.07, 6.45) is 1.19. The average Bonchev–Trinajstić information content (AvgIpc) is 3.40. The Balaban J connectivity index is 1.37. The van der Waals surface area contributed by atoms with Crippen LogP contribution in [-0.4, -0.2) is 24.3 Å². The van der Waals surface area contributed by atoms with Crippen molar-refractivity contribution >= 4 is 60.9 Å². The van der Waals surface area contributed by atoms with E-state index in [1.165, 1.54) is 34.8 Å². The fourth-order valence-electron chi connectivity index (χ4n) is 3.44. The van der Waals surface area contributed by atoms with Crippen LogP contribution in [0.3, 0.4) is 0 Å². The Hall–Kier alpha value is -3.32. The zero-order chi connectivity index (χ0) is 23.2. The first-order valence-electron chi connectivity index (χ1n) is 9.81. The van der Waals surface area contributed by atoms with Gasteiger partial charge < -0.3 is 16.4 Å². The minimum absolute atomic E-state index is 0.0345. The highest BCUT2D eigenvalue weighted by atomic mass is 32.2. The van der Waals surface area contributed by atoms with Gasteiger partial charge in [-0.15, -0.1) is 11.3 Å². The third-order valence-corrected chi connectivity index (χ3v) is 7.99. The number of nitrogen functional groups attached to an aromatic ring is 1. The fraction of sp³-hybridized carbons (Fsp3) is 0.0952. The molecule has 1 aliphatic rings. The molecule has 12 heteroatoms. The predicted octanol–water partition coefficient (Wildman–Crippen LogP) is 3.79. The Bertz CT molecular complexity index is 1480. The molecule has 0 fully saturated rings. The van der Waals surface area contributed by atoms with Crippen molar-refractivity contribution in [1.82, 2.24) is 9.97 Å². The van der Waals surface area contributed by atoms with Gasteiger partial charge in [-0.2, -0.15) is 0 Å². The molecule has 0 spiro atoms. The van der Waals surface area contributed by atoms with Crippen LogP contribution in [0.15, 0.2) is 52.7 Å². The van der Waals surface area contributed by atoms with Crippen LogP contribution >= 0.6 is 22.7 Å². The molecule has 0 saturated heterocycles. The van der Waals surface area contributed by atoms with Crippen LogP contribution in [-0.2, 0) is 21.2 Å². The zero-order valence-corrected chi connectivity index (χ0v) is 19.5. The van der Waals surface area contributed by atoms with Crippen molar-refractivity contribution in [1.29, 1.82) is 0 Å². The molecule has 2 aromatic heterocycles. The lowest BCUT2D eigenvalue weighted by Gasteiger charge is -2.17. The number of sulfonamides is 1. The Morgan fingerprint density at radius 3 is 2.61 bits per heavy atom. The molecule has 1 amide bonds. The van der Waals surface area contributed by atoms with E-state index in [0.717, 1.165) is 32.4 Å². The zero-order valence-electron chi connectivity index (χ0n) is 17.0. The quantitative estimate of drug-likeness (QED) is 0.326. The van der Waals surface area contributed by atoms with Gasteiger partial charge >= 0.3 is 0 Å². The lowest BCUT2D eigenvalue weighted by Crippen LogP contribution is -2.18. The summed E-state index contributed by atoms with van der Waals surface area (Å²) in [7, 11) is -3.75. The number of amides is 1. The van der Waals surface area contributed by atoms with E-state index in [1.54, 1.807) is 12.1 Å². The number of nitrogens with two attached hydrogens (primary N) is 2. The van der Waals surface area contributed by atoms with E-state index in [2.05, 4.69) is 21.7 Å². The molecule has 0 bridgehead atoms. The number of benzene rings is 2. The molecule has 0 radical (unpaired) electrons. The molecule has 6 N–H and O–H groups in total. The maximum Gasteiger partial charge on any atom is 0.238 e. The second-order valence-corrected chi connectivity index (χ2v) is 10.8. The maximum absolute atomic E-state index is 11.6. The molecule has 0 aliphatic carbocycles. The topological polar surface area (TPSA) is 153 Å². The van der Waals surface area contributed by atoms with E-state index < -0.39 is 10.0 Å². The molecule has 2 aromatic carbocycles. The molecular weight excluding hydrogens is 480 g/mol. The molecule has 0 unspecified atom stereocenters. The van der Waals surface area contributed by atoms with Crippen molar-refractivity contribution < 1.29 is 13.2 Å². The first-order chi connectivity index (χ1) is 15.8. The standard InChI is InChI=1S/C21H18N6O3S3/c22-19-18(32-21(27-19)24-13-3-5-14(6-4-13)33(23,29)30)20-26-16(10-31-20)12-1-7-15-11(9-12)2-8-17(28)25-15/h1,3-7,9-10H,2,8,22H2,(H,24,27)(H,25,28)(H2,23,29,30). The van der Waals surface area contributed by atoms with Gasteiger partial charge in [0.1, 0.15) is 15.7 Å². The number of carbonyl (C=O) groups is 1. The number of thiazole rings is 2. The van der Waals surface area contributed by atoms with Crippen molar-refractivity contribution in [2.75, 3.05) is 16.4 Å². The number of anilines is 4. The van der Waals surface area contributed by atoms with Gasteiger partial charge in [-0.25, -0.2) is 23.5 Å². The van der Waals surface area contributed by atoms with Crippen LogP contribution in [0.25, 0.3) is 21.1 Å². The molecule has 4 aromatic rings. The van der Waals surface area contributed by atoms with E-state index in [1.807, 2.05) is 17.5 Å². The number of carbonyl (C=O) groups excluding carboxylic acids is 1. The third kappa shape index (κ3) is 4.46. The molecular formula is C21H18N6O3S3. The predicted molar refractivity (Wildman–Crippen MR) is 131 cm³/mol. The summed E-state index contributed by atoms with van der Waals surface area (Å²) in [5.41, 5.74) is 10.6. The van der Waals surface area contributed by atoms with Gasteiger partial charge in [0.15, 0.2) is 5.13 Å². The first-order valence-corrected chi connectivity index (χ1v) is 13.1. The fourth-order valence-corrected chi connectivity index (χ4v) is 5.79. The highest BCUT2D eigenvalue weighted by Gasteiger charge is 2.18. The van der Waals surface area contributed by atoms with Gasteiger partial charge in [0, 0.05) is 28.7 Å². The minimum atomic E-state index is -3.75. The van der Waals surface area contributed by atoms with Gasteiger partial charge in [0.25, 0.3) is 0 Å². The molecule has 0 atom stereocenters. The molecule has 9 nitrogen and oxygen atoms in total. The van der Waals surface area contributed by atoms with Crippen molar-refractivity contribution in [3.63, 3.8) is 0 Å². The van der Waals surface area contributed by atoms with E-state index in [4.69, 9.17) is 15.9 Å². The van der Waals surface area contributed by atoms with Gasteiger partial charge in [0.2, 0.25) is 15.9 Å². The van der Waals surface area contributed by atoms with Crippen LogP contribution in [0.4, 0.5) is 22.3 Å². The van der Waals surface area contributed by atoms with E-state index in [-0.39, 0.29) is 10.8 Å². The van der Waals surface area contributed by atoms with Gasteiger partial charge in [0.05, 0.1) is 10.6 Å². The second-order valence-electron chi connectivity index (χ2n) is 7.39. The van der Waals surface area contributed by atoms with Crippen LogP contribution in [0.1, 0.15) is 12.0 Å². The Morgan fingerprint density at radius 1 is 1.06 bits per heavy atom. The number of primary sulfonamides is 1. The number of nitrogens with one attached hydrogen (secondary N) is 2. The summed E-state index contributed by atoms with van der Waals surface area (Å²) >= 11 is 2.83. The largest absolute Gasteiger partial charge is 0.382 e. The van der Waals surface area contributed by atoms with E-state index >= 15 is 0 Å². The first kappa shape index (κ1) is 21.5. The summed E-state index contributed by atoms with van der Waals surface area (Å²) in [6.45, 7) is 0. The smallest absolute Gasteiger partial charge is 0.238 e. The van der Waals surface area contributed by atoms with Gasteiger partial charge in [-0.05, 0) is 48.4 Å². The monoisotopic (exact) mass is 498 g/mol. The Labute approximate surface area is 197 Å². The summed E-state index contributed by atoms with van der Waals surface area (Å²) in [4.78, 5) is 21.5. The van der Waals surface area contributed by atoms with E-state index in [9.17, 15) is 13.2 Å². The number of hydrogen-bond donors (Lipinski definition) is 4. The second kappa shape index (κ2) is 8.23. The number of aromatic nitrogens is 2. The molecule has 0 saturated carbocycles. The number of nitrogens with zero attached hydrogens (tertiary/aromatic N) is 2. The molecule has 1 aliphatic heterocycles. The highest BCUT2D eigenvalue weighted by Crippen LogP contribution is 2.39. The summed E-state index contributed by atoms with van der Waals surface area (Å²) < 4.78 is 22.8. The maximum atomic E-state index is 11.6. The average molecular weight is 499 g/mol. The summed E-state index contributed by atoms with van der Waals surface area (Å²) in [5, 5.41) is 14.4. The number of rotatable bonds is 5. The third-order valence-electron chi connectivity index (χ3n) is 5.08. The van der Waals surface area contributed by atoms with Crippen molar-refractivity contribution in [2.45, 2.75) is 17.7 Å². The van der Waals surface area contributed by atoms with Crippen molar-refractivity contribution in [3.05, 3.63) is 53.4 Å². The number of hydrogen-bond acceptors (Lipinski definition) is 9. The van der Waals surface area contributed by atoms with Crippen molar-refractivity contribution in [3.8, 4) is 21.1 Å².